The molecule has 1 N–H and O–H groups in total. The van der Waals surface area contributed by atoms with E-state index in [0.29, 0.717) is 17.2 Å². The summed E-state index contributed by atoms with van der Waals surface area (Å²) in [6.45, 7) is 0. The zero-order chi connectivity index (χ0) is 18.1. The Bertz CT molecular complexity index is 1010. The lowest BCUT2D eigenvalue weighted by atomic mass is 10.0. The Hall–Kier alpha value is -2.92. The van der Waals surface area contributed by atoms with Gasteiger partial charge in [-0.2, -0.15) is 0 Å². The molecule has 0 amide bonds. The number of H-pyrrole nitrogens is 1. The van der Waals surface area contributed by atoms with Crippen molar-refractivity contribution in [1.29, 1.82) is 0 Å². The molecule has 0 saturated heterocycles. The maximum Gasteiger partial charge on any atom is 0.203 e. The molecule has 0 atom stereocenters. The highest BCUT2D eigenvalue weighted by Gasteiger charge is 2.17. The Balaban J connectivity index is 1.87. The molecule has 4 rings (SSSR count). The molecular formula is C21H19NO3S. The Morgan fingerprint density at radius 3 is 2.15 bits per heavy atom. The van der Waals surface area contributed by atoms with Crippen LogP contribution < -0.4 is 14.2 Å². The third-order valence-electron chi connectivity index (χ3n) is 4.41. The molecule has 26 heavy (non-hydrogen) atoms. The van der Waals surface area contributed by atoms with Gasteiger partial charge in [-0.25, -0.2) is 0 Å². The zero-order valence-electron chi connectivity index (χ0n) is 14.8. The van der Waals surface area contributed by atoms with Gasteiger partial charge in [0.15, 0.2) is 11.5 Å². The topological polar surface area (TPSA) is 43.5 Å². The maximum atomic E-state index is 5.50. The summed E-state index contributed by atoms with van der Waals surface area (Å²) in [4.78, 5) is 4.46. The van der Waals surface area contributed by atoms with Gasteiger partial charge in [-0.15, -0.1) is 11.3 Å². The smallest absolute Gasteiger partial charge is 0.203 e. The minimum atomic E-state index is 0.595. The van der Waals surface area contributed by atoms with Crippen LogP contribution >= 0.6 is 11.3 Å². The first-order valence-electron chi connectivity index (χ1n) is 8.21. The molecule has 0 unspecified atom stereocenters. The summed E-state index contributed by atoms with van der Waals surface area (Å²) in [6.07, 6.45) is 4.03. The van der Waals surface area contributed by atoms with Crippen molar-refractivity contribution in [1.82, 2.24) is 4.98 Å². The Morgan fingerprint density at radius 2 is 1.50 bits per heavy atom. The molecule has 0 aliphatic rings. The van der Waals surface area contributed by atoms with Gasteiger partial charge in [0.1, 0.15) is 0 Å². The van der Waals surface area contributed by atoms with E-state index >= 15 is 0 Å². The molecule has 0 saturated carbocycles. The third-order valence-corrected chi connectivity index (χ3v) is 5.56. The van der Waals surface area contributed by atoms with Crippen molar-refractivity contribution in [3.8, 4) is 38.8 Å². The number of fused-ring (bicyclic) bond motifs is 1. The van der Waals surface area contributed by atoms with Crippen LogP contribution in [0.4, 0.5) is 0 Å². The second-order valence-electron chi connectivity index (χ2n) is 5.85. The molecule has 2 aromatic heterocycles. The summed E-state index contributed by atoms with van der Waals surface area (Å²) in [6, 6.07) is 14.6. The summed E-state index contributed by atoms with van der Waals surface area (Å²) < 4.78 is 17.7. The monoisotopic (exact) mass is 365 g/mol. The van der Waals surface area contributed by atoms with Crippen molar-refractivity contribution >= 4 is 21.4 Å². The minimum absolute atomic E-state index is 0.595. The average Bonchev–Trinajstić information content (AvgIpc) is 3.33. The van der Waals surface area contributed by atoms with Gasteiger partial charge < -0.3 is 19.2 Å². The molecular weight excluding hydrogens is 346 g/mol. The van der Waals surface area contributed by atoms with Crippen molar-refractivity contribution in [3.05, 3.63) is 54.9 Å². The van der Waals surface area contributed by atoms with E-state index in [4.69, 9.17) is 14.2 Å². The number of rotatable bonds is 5. The van der Waals surface area contributed by atoms with E-state index in [2.05, 4.69) is 35.3 Å². The molecule has 0 aliphatic carbocycles. The SMILES string of the molecule is COc1cc(-c2c[nH]cc2-c2cc3ccccc3s2)cc(OC)c1OC. The van der Waals surface area contributed by atoms with Crippen LogP contribution in [0.3, 0.4) is 0 Å². The molecule has 132 valence electrons. The van der Waals surface area contributed by atoms with Crippen molar-refractivity contribution < 1.29 is 14.2 Å². The number of hydrogen-bond donors (Lipinski definition) is 1. The highest BCUT2D eigenvalue weighted by molar-refractivity contribution is 7.22. The van der Waals surface area contributed by atoms with Gasteiger partial charge in [0, 0.05) is 33.1 Å². The van der Waals surface area contributed by atoms with Crippen LogP contribution in [0, 0.1) is 0 Å². The molecule has 5 heteroatoms. The van der Waals surface area contributed by atoms with Gasteiger partial charge in [0.05, 0.1) is 21.3 Å². The second kappa shape index (κ2) is 6.77. The number of aromatic amines is 1. The molecule has 4 nitrogen and oxygen atoms in total. The molecule has 0 aliphatic heterocycles. The molecule has 0 radical (unpaired) electrons. The molecule has 2 aromatic carbocycles. The number of thiophene rings is 1. The van der Waals surface area contributed by atoms with Crippen LogP contribution in [0.25, 0.3) is 31.7 Å². The van der Waals surface area contributed by atoms with Gasteiger partial charge in [0.2, 0.25) is 5.75 Å². The standard InChI is InChI=1S/C21H19NO3S/c1-23-17-8-14(9-18(24-2)21(17)25-3)15-11-22-12-16(15)20-10-13-6-4-5-7-19(13)26-20/h4-12,22H,1-3H3. The first-order valence-corrected chi connectivity index (χ1v) is 9.03. The quantitative estimate of drug-likeness (QED) is 0.501. The molecule has 2 heterocycles. The van der Waals surface area contributed by atoms with Crippen LogP contribution in [0.15, 0.2) is 54.9 Å². The highest BCUT2D eigenvalue weighted by atomic mass is 32.1. The van der Waals surface area contributed by atoms with E-state index in [9.17, 15) is 0 Å². The first-order chi connectivity index (χ1) is 12.7. The van der Waals surface area contributed by atoms with Crippen LogP contribution in [0.2, 0.25) is 0 Å². The lowest BCUT2D eigenvalue weighted by molar-refractivity contribution is 0.324. The van der Waals surface area contributed by atoms with E-state index in [1.165, 1.54) is 15.0 Å². The predicted molar refractivity (Wildman–Crippen MR) is 107 cm³/mol. The summed E-state index contributed by atoms with van der Waals surface area (Å²) in [7, 11) is 4.87. The fraction of sp³-hybridized carbons (Fsp3) is 0.143. The second-order valence-corrected chi connectivity index (χ2v) is 6.93. The predicted octanol–water partition coefficient (Wildman–Crippen LogP) is 5.59. The summed E-state index contributed by atoms with van der Waals surface area (Å²) in [5, 5.41) is 1.25. The summed E-state index contributed by atoms with van der Waals surface area (Å²) in [5.41, 5.74) is 3.25. The van der Waals surface area contributed by atoms with E-state index in [1.807, 2.05) is 24.5 Å². The lowest BCUT2D eigenvalue weighted by Gasteiger charge is -2.14. The zero-order valence-corrected chi connectivity index (χ0v) is 15.6. The van der Waals surface area contributed by atoms with Crippen molar-refractivity contribution in [2.45, 2.75) is 0 Å². The van der Waals surface area contributed by atoms with E-state index < -0.39 is 0 Å². The number of aromatic nitrogens is 1. The minimum Gasteiger partial charge on any atom is -0.493 e. The number of hydrogen-bond acceptors (Lipinski definition) is 4. The van der Waals surface area contributed by atoms with E-state index in [0.717, 1.165) is 16.7 Å². The fourth-order valence-electron chi connectivity index (χ4n) is 3.16. The van der Waals surface area contributed by atoms with Gasteiger partial charge in [-0.05, 0) is 35.2 Å². The average molecular weight is 365 g/mol. The fourth-order valence-corrected chi connectivity index (χ4v) is 4.25. The van der Waals surface area contributed by atoms with Crippen LogP contribution in [-0.4, -0.2) is 26.3 Å². The Labute approximate surface area is 156 Å². The van der Waals surface area contributed by atoms with Crippen LogP contribution in [0.5, 0.6) is 17.2 Å². The highest BCUT2D eigenvalue weighted by Crippen LogP contribution is 2.44. The Kier molecular flexibility index (Phi) is 4.31. The summed E-state index contributed by atoms with van der Waals surface area (Å²) in [5.74, 6) is 1.88. The molecule has 0 spiro atoms. The number of nitrogens with one attached hydrogen (secondary N) is 1. The van der Waals surface area contributed by atoms with E-state index in [1.54, 1.807) is 32.7 Å². The first kappa shape index (κ1) is 16.5. The third kappa shape index (κ3) is 2.70. The van der Waals surface area contributed by atoms with Gasteiger partial charge in [0.25, 0.3) is 0 Å². The van der Waals surface area contributed by atoms with Gasteiger partial charge in [-0.1, -0.05) is 18.2 Å². The van der Waals surface area contributed by atoms with E-state index in [-0.39, 0.29) is 0 Å². The number of benzene rings is 2. The largest absolute Gasteiger partial charge is 0.493 e. The van der Waals surface area contributed by atoms with Crippen LogP contribution in [-0.2, 0) is 0 Å². The van der Waals surface area contributed by atoms with Crippen molar-refractivity contribution in [3.63, 3.8) is 0 Å². The maximum absolute atomic E-state index is 5.50. The number of ether oxygens (including phenoxy) is 3. The van der Waals surface area contributed by atoms with Gasteiger partial charge in [-0.3, -0.25) is 0 Å². The summed E-state index contributed by atoms with van der Waals surface area (Å²) >= 11 is 1.78. The van der Waals surface area contributed by atoms with Crippen molar-refractivity contribution in [2.24, 2.45) is 0 Å². The molecule has 4 aromatic rings. The van der Waals surface area contributed by atoms with Gasteiger partial charge >= 0.3 is 0 Å². The van der Waals surface area contributed by atoms with Crippen molar-refractivity contribution in [2.75, 3.05) is 21.3 Å². The molecule has 0 bridgehead atoms. The number of methoxy groups -OCH3 is 3. The Morgan fingerprint density at radius 1 is 0.808 bits per heavy atom. The normalized spacial score (nSPS) is 10.9. The van der Waals surface area contributed by atoms with Crippen LogP contribution in [0.1, 0.15) is 0 Å². The molecule has 0 fully saturated rings. The lowest BCUT2D eigenvalue weighted by Crippen LogP contribution is -1.95.